The smallest absolute Gasteiger partial charge is 0.243 e. The van der Waals surface area contributed by atoms with Gasteiger partial charge in [-0.25, -0.2) is 10.4 Å². The van der Waals surface area contributed by atoms with Gasteiger partial charge >= 0.3 is 0 Å². The van der Waals surface area contributed by atoms with Gasteiger partial charge in [0.05, 0.1) is 12.2 Å². The highest BCUT2D eigenvalue weighted by Gasteiger charge is 2.44. The van der Waals surface area contributed by atoms with Crippen molar-refractivity contribution in [3.8, 4) is 0 Å². The van der Waals surface area contributed by atoms with Crippen molar-refractivity contribution >= 4 is 11.7 Å². The number of nitrogens with one attached hydrogen (secondary N) is 3. The number of likely N-dealkylation sites (N-methyl/N-ethyl adjacent to an activating group) is 1. The second-order valence-electron chi connectivity index (χ2n) is 11.6. The van der Waals surface area contributed by atoms with Crippen molar-refractivity contribution in [2.24, 2.45) is 10.9 Å². The number of nitrogens with zero attached hydrogens (tertiary/aromatic N) is 7. The van der Waals surface area contributed by atoms with E-state index in [1.807, 2.05) is 27.3 Å². The highest BCUT2D eigenvalue weighted by molar-refractivity contribution is 6.00. The Morgan fingerprint density at radius 1 is 1.11 bits per heavy atom. The van der Waals surface area contributed by atoms with Gasteiger partial charge in [0.15, 0.2) is 12.1 Å². The third-order valence-corrected chi connectivity index (χ3v) is 8.87. The Bertz CT molecular complexity index is 1010. The van der Waals surface area contributed by atoms with E-state index in [9.17, 15) is 4.79 Å². The zero-order valence-corrected chi connectivity index (χ0v) is 21.8. The highest BCUT2D eigenvalue weighted by atomic mass is 16.2. The maximum atomic E-state index is 12.7. The summed E-state index contributed by atoms with van der Waals surface area (Å²) in [5.74, 6) is 2.11. The Morgan fingerprint density at radius 3 is 2.65 bits per heavy atom. The predicted octanol–water partition coefficient (Wildman–Crippen LogP) is -0.516. The lowest BCUT2D eigenvalue weighted by atomic mass is 10.1. The molecular weight excluding hydrogens is 468 g/mol. The van der Waals surface area contributed by atoms with E-state index in [0.29, 0.717) is 25.2 Å². The second kappa shape index (κ2) is 9.61. The van der Waals surface area contributed by atoms with Crippen molar-refractivity contribution in [3.05, 3.63) is 35.9 Å². The van der Waals surface area contributed by atoms with Gasteiger partial charge in [0.1, 0.15) is 6.54 Å². The van der Waals surface area contributed by atoms with Crippen molar-refractivity contribution in [2.45, 2.75) is 44.1 Å². The van der Waals surface area contributed by atoms with Gasteiger partial charge in [-0.1, -0.05) is 0 Å². The summed E-state index contributed by atoms with van der Waals surface area (Å²) in [5.41, 5.74) is 9.03. The van der Waals surface area contributed by atoms with E-state index < -0.39 is 0 Å². The molecule has 0 spiro atoms. The zero-order chi connectivity index (χ0) is 24.9. The quantitative estimate of drug-likeness (QED) is 0.421. The third kappa shape index (κ3) is 4.85. The number of piperazine rings is 2. The van der Waals surface area contributed by atoms with Crippen molar-refractivity contribution in [1.82, 2.24) is 45.8 Å². The molecule has 7 rings (SSSR count). The first-order chi connectivity index (χ1) is 18.1. The first kappa shape index (κ1) is 23.5. The van der Waals surface area contributed by atoms with Crippen molar-refractivity contribution in [3.63, 3.8) is 0 Å². The number of aliphatic imine (C=N–C) groups is 1. The molecule has 37 heavy (non-hydrogen) atoms. The maximum Gasteiger partial charge on any atom is 0.243 e. The molecule has 6 heterocycles. The number of rotatable bonds is 7. The molecule has 0 radical (unpaired) electrons. The van der Waals surface area contributed by atoms with Gasteiger partial charge in [-0.15, -0.1) is 0 Å². The molecule has 11 nitrogen and oxygen atoms in total. The fourth-order valence-corrected chi connectivity index (χ4v) is 6.53. The average molecular weight is 509 g/mol. The van der Waals surface area contributed by atoms with E-state index in [-0.39, 0.29) is 12.2 Å². The van der Waals surface area contributed by atoms with Crippen LogP contribution in [0.5, 0.6) is 0 Å². The Balaban J connectivity index is 0.959. The summed E-state index contributed by atoms with van der Waals surface area (Å²) in [4.78, 5) is 27.3. The Labute approximate surface area is 219 Å². The summed E-state index contributed by atoms with van der Waals surface area (Å²) in [7, 11) is 2.10. The second-order valence-corrected chi connectivity index (χ2v) is 11.6. The monoisotopic (exact) mass is 508 g/mol. The minimum atomic E-state index is -0.240. The molecule has 3 atom stereocenters. The largest absolute Gasteiger partial charge is 0.365 e. The molecule has 1 saturated carbocycles. The van der Waals surface area contributed by atoms with E-state index >= 15 is 0 Å². The van der Waals surface area contributed by atoms with E-state index in [1.54, 1.807) is 0 Å². The number of allylic oxidation sites excluding steroid dienone is 2. The minimum absolute atomic E-state index is 0.167. The summed E-state index contributed by atoms with van der Waals surface area (Å²) in [6.07, 6.45) is 13.6. The van der Waals surface area contributed by atoms with Gasteiger partial charge in [-0.2, -0.15) is 5.43 Å². The van der Waals surface area contributed by atoms with Crippen LogP contribution in [-0.4, -0.2) is 126 Å². The van der Waals surface area contributed by atoms with Gasteiger partial charge in [-0.3, -0.25) is 14.7 Å². The highest BCUT2D eigenvalue weighted by Crippen LogP contribution is 2.38. The number of carbonyl (C=O) groups is 1. The molecule has 6 aliphatic heterocycles. The molecule has 4 fully saturated rings. The summed E-state index contributed by atoms with van der Waals surface area (Å²) in [5, 5.41) is 7.44. The first-order valence-electron chi connectivity index (χ1n) is 14.1. The van der Waals surface area contributed by atoms with Crippen LogP contribution in [0.1, 0.15) is 25.7 Å². The molecule has 3 saturated heterocycles. The number of amidine groups is 1. The van der Waals surface area contributed by atoms with Crippen LogP contribution in [0.3, 0.4) is 0 Å². The molecule has 200 valence electrons. The van der Waals surface area contributed by atoms with Crippen LogP contribution < -0.4 is 16.2 Å². The lowest BCUT2D eigenvalue weighted by molar-refractivity contribution is -0.133. The fourth-order valence-electron chi connectivity index (χ4n) is 6.53. The number of hydrogen-bond acceptors (Lipinski definition) is 10. The molecule has 1 aliphatic carbocycles. The van der Waals surface area contributed by atoms with Crippen LogP contribution in [0.4, 0.5) is 0 Å². The van der Waals surface area contributed by atoms with Gasteiger partial charge in [0, 0.05) is 76.0 Å². The summed E-state index contributed by atoms with van der Waals surface area (Å²) in [6.45, 7) is 7.99. The van der Waals surface area contributed by atoms with Crippen LogP contribution in [0.2, 0.25) is 0 Å². The fraction of sp³-hybridized carbons (Fsp3) is 0.692. The number of amides is 1. The molecule has 0 aromatic rings. The summed E-state index contributed by atoms with van der Waals surface area (Å²) in [6, 6.07) is 1.36. The van der Waals surface area contributed by atoms with Gasteiger partial charge in [-0.05, 0) is 50.8 Å². The standard InChI is InChI=1S/C26H40N10O/c1-31-9-11-32(12-10-31)24(37)18-34-15-20(13-27-34)28-26-29-25-23(3-2-8-36(25)30-26)33-16-21-6-7-22(17-33)35(21)14-19-4-5-19/h2-3,8,15,19,21-22,26-28,30H,4-7,9-14,16-18H2,1H3. The van der Waals surface area contributed by atoms with Crippen LogP contribution >= 0.6 is 0 Å². The van der Waals surface area contributed by atoms with Gasteiger partial charge < -0.3 is 25.0 Å². The zero-order valence-electron chi connectivity index (χ0n) is 21.8. The van der Waals surface area contributed by atoms with Crippen LogP contribution in [0.15, 0.2) is 40.9 Å². The van der Waals surface area contributed by atoms with E-state index in [2.05, 4.69) is 50.1 Å². The van der Waals surface area contributed by atoms with Crippen molar-refractivity contribution in [1.29, 1.82) is 0 Å². The molecule has 3 unspecified atom stereocenters. The third-order valence-electron chi connectivity index (χ3n) is 8.87. The first-order valence-corrected chi connectivity index (χ1v) is 14.1. The number of fused-ring (bicyclic) bond motifs is 3. The van der Waals surface area contributed by atoms with E-state index in [1.165, 1.54) is 37.9 Å². The minimum Gasteiger partial charge on any atom is -0.365 e. The van der Waals surface area contributed by atoms with Gasteiger partial charge in [0.25, 0.3) is 0 Å². The van der Waals surface area contributed by atoms with Crippen molar-refractivity contribution in [2.75, 3.05) is 66.0 Å². The van der Waals surface area contributed by atoms with Crippen LogP contribution in [0, 0.1) is 5.92 Å². The number of likely N-dealkylation sites (tertiary alicyclic amines) is 1. The topological polar surface area (TPSA) is 85.0 Å². The lowest BCUT2D eigenvalue weighted by Gasteiger charge is -2.43. The summed E-state index contributed by atoms with van der Waals surface area (Å²) < 4.78 is 0. The molecule has 0 aromatic carbocycles. The molecule has 3 N–H and O–H groups in total. The molecule has 7 aliphatic rings. The summed E-state index contributed by atoms with van der Waals surface area (Å²) >= 11 is 0. The Hall–Kier alpha value is -2.60. The van der Waals surface area contributed by atoms with Crippen LogP contribution in [-0.2, 0) is 4.79 Å². The SMILES string of the molecule is CN1CCN(C(=O)CN2C=C(NC3N=C4C(N5CC6CCC(C5)N6CC5CC5)=CC=CN4N3)CN2)CC1. The predicted molar refractivity (Wildman–Crippen MR) is 141 cm³/mol. The molecule has 0 aromatic heterocycles. The Morgan fingerprint density at radius 2 is 1.89 bits per heavy atom. The normalized spacial score (nSPS) is 32.0. The maximum absolute atomic E-state index is 12.7. The van der Waals surface area contributed by atoms with Gasteiger partial charge in [0.2, 0.25) is 5.91 Å². The molecule has 2 bridgehead atoms. The Kier molecular flexibility index (Phi) is 6.11. The number of carbonyl (C=O) groups excluding carboxylic acids is 1. The average Bonchev–Trinajstić information content (AvgIpc) is 3.37. The molecular formula is C26H40N10O. The van der Waals surface area contributed by atoms with E-state index in [0.717, 1.165) is 56.7 Å². The molecule has 1 amide bonds. The molecule has 11 heteroatoms. The van der Waals surface area contributed by atoms with Crippen molar-refractivity contribution < 1.29 is 4.79 Å². The van der Waals surface area contributed by atoms with Crippen LogP contribution in [0.25, 0.3) is 0 Å². The number of hydrazine groups is 2. The lowest BCUT2D eigenvalue weighted by Crippen LogP contribution is -2.55. The van der Waals surface area contributed by atoms with E-state index in [4.69, 9.17) is 4.99 Å². The number of hydrogen-bond donors (Lipinski definition) is 3.